The Morgan fingerprint density at radius 1 is 1.00 bits per heavy atom. The summed E-state index contributed by atoms with van der Waals surface area (Å²) in [4.78, 5) is 24.8. The van der Waals surface area contributed by atoms with Crippen LogP contribution in [-0.4, -0.2) is 11.8 Å². The molecule has 0 atom stereocenters. The molecule has 140 valence electrons. The Kier molecular flexibility index (Phi) is 5.00. The zero-order valence-corrected chi connectivity index (χ0v) is 15.6. The molecule has 0 saturated carbocycles. The van der Waals surface area contributed by atoms with Crippen LogP contribution in [0.2, 0.25) is 5.02 Å². The second-order valence-corrected chi connectivity index (χ2v) is 6.88. The van der Waals surface area contributed by atoms with Gasteiger partial charge in [-0.1, -0.05) is 41.9 Å². The van der Waals surface area contributed by atoms with E-state index in [0.717, 1.165) is 5.56 Å². The number of hydrogen-bond acceptors (Lipinski definition) is 3. The number of ether oxygens (including phenoxy) is 1. The quantitative estimate of drug-likeness (QED) is 0.635. The Morgan fingerprint density at radius 3 is 2.61 bits per heavy atom. The van der Waals surface area contributed by atoms with Crippen LogP contribution in [0.1, 0.15) is 22.3 Å². The molecule has 6 heteroatoms. The van der Waals surface area contributed by atoms with Gasteiger partial charge in [0.15, 0.2) is 5.75 Å². The topological polar surface area (TPSA) is 67.4 Å². The van der Waals surface area contributed by atoms with E-state index < -0.39 is 0 Å². The number of anilines is 2. The van der Waals surface area contributed by atoms with Crippen LogP contribution in [0.25, 0.3) is 0 Å². The molecule has 28 heavy (non-hydrogen) atoms. The summed E-state index contributed by atoms with van der Waals surface area (Å²) >= 11 is 5.99. The van der Waals surface area contributed by atoms with Gasteiger partial charge in [-0.25, -0.2) is 0 Å². The van der Waals surface area contributed by atoms with Crippen molar-refractivity contribution >= 4 is 34.8 Å². The first-order valence-corrected chi connectivity index (χ1v) is 9.23. The Labute approximate surface area is 167 Å². The molecule has 0 bridgehead atoms. The first-order chi connectivity index (χ1) is 13.6. The Balaban J connectivity index is 1.48. The first-order valence-electron chi connectivity index (χ1n) is 8.85. The zero-order chi connectivity index (χ0) is 19.5. The monoisotopic (exact) mass is 392 g/mol. The van der Waals surface area contributed by atoms with Crippen LogP contribution in [0.5, 0.6) is 11.5 Å². The summed E-state index contributed by atoms with van der Waals surface area (Å²) in [5.74, 6) is 0.488. The van der Waals surface area contributed by atoms with Gasteiger partial charge in [0.25, 0.3) is 5.91 Å². The van der Waals surface area contributed by atoms with E-state index in [1.54, 1.807) is 36.4 Å². The van der Waals surface area contributed by atoms with Gasteiger partial charge < -0.3 is 15.4 Å². The number of hydrogen-bond donors (Lipinski definition) is 2. The van der Waals surface area contributed by atoms with Gasteiger partial charge in [-0.15, -0.1) is 0 Å². The van der Waals surface area contributed by atoms with Crippen molar-refractivity contribution in [1.82, 2.24) is 0 Å². The summed E-state index contributed by atoms with van der Waals surface area (Å²) in [7, 11) is 0. The lowest BCUT2D eigenvalue weighted by Gasteiger charge is -2.10. The van der Waals surface area contributed by atoms with Crippen LogP contribution in [0.3, 0.4) is 0 Å². The van der Waals surface area contributed by atoms with Crippen LogP contribution < -0.4 is 15.4 Å². The molecule has 1 aliphatic heterocycles. The summed E-state index contributed by atoms with van der Waals surface area (Å²) in [6, 6.07) is 19.8. The number of amides is 2. The summed E-state index contributed by atoms with van der Waals surface area (Å²) in [6.07, 6.45) is 1.00. The van der Waals surface area contributed by atoms with Crippen LogP contribution in [0, 0.1) is 0 Å². The fourth-order valence-corrected chi connectivity index (χ4v) is 3.17. The molecule has 2 N–H and O–H groups in total. The third kappa shape index (κ3) is 4.00. The first kappa shape index (κ1) is 18.1. The summed E-state index contributed by atoms with van der Waals surface area (Å²) in [6.45, 7) is 0. The lowest BCUT2D eigenvalue weighted by molar-refractivity contribution is -0.116. The lowest BCUT2D eigenvalue weighted by atomic mass is 10.1. The molecular formula is C22H17ClN2O3. The average molecular weight is 393 g/mol. The third-order valence-corrected chi connectivity index (χ3v) is 4.64. The molecule has 0 spiro atoms. The minimum absolute atomic E-state index is 0.117. The van der Waals surface area contributed by atoms with E-state index in [1.165, 1.54) is 0 Å². The number of nitrogens with one attached hydrogen (secondary N) is 2. The third-order valence-electron chi connectivity index (χ3n) is 4.40. The number of rotatable bonds is 4. The molecule has 0 unspecified atom stereocenters. The maximum atomic E-state index is 12.6. The Morgan fingerprint density at radius 2 is 1.79 bits per heavy atom. The second-order valence-electron chi connectivity index (χ2n) is 6.44. The van der Waals surface area contributed by atoms with Gasteiger partial charge in [-0.05, 0) is 48.4 Å². The highest BCUT2D eigenvalue weighted by Gasteiger charge is 2.21. The molecule has 1 aliphatic rings. The highest BCUT2D eigenvalue weighted by molar-refractivity contribution is 6.31. The Hall–Kier alpha value is -3.31. The second kappa shape index (κ2) is 7.74. The maximum absolute atomic E-state index is 12.6. The van der Waals surface area contributed by atoms with Crippen LogP contribution in [-0.2, 0) is 11.2 Å². The smallest absolute Gasteiger partial charge is 0.259 e. The van der Waals surface area contributed by atoms with Gasteiger partial charge in [-0.3, -0.25) is 9.59 Å². The number of carbonyl (C=O) groups is 2. The van der Waals surface area contributed by atoms with E-state index in [9.17, 15) is 9.59 Å². The molecule has 0 radical (unpaired) electrons. The van der Waals surface area contributed by atoms with Gasteiger partial charge in [-0.2, -0.15) is 0 Å². The van der Waals surface area contributed by atoms with E-state index in [4.69, 9.17) is 16.3 Å². The van der Waals surface area contributed by atoms with Crippen molar-refractivity contribution in [2.75, 3.05) is 10.6 Å². The maximum Gasteiger partial charge on any atom is 0.259 e. The predicted octanol–water partition coefficient (Wildman–Crippen LogP) is 5.27. The minimum atomic E-state index is -0.323. The number of carbonyl (C=O) groups excluding carboxylic acids is 2. The molecule has 4 rings (SSSR count). The highest BCUT2D eigenvalue weighted by Crippen LogP contribution is 2.37. The number of aryl methyl sites for hydroxylation is 1. The fourth-order valence-electron chi connectivity index (χ4n) is 3.00. The van der Waals surface area contributed by atoms with Gasteiger partial charge in [0, 0.05) is 17.1 Å². The SMILES string of the molecule is O=C(CCc1ccccc1)Nc1ccc2c(c1)C(=O)Nc1cc(Cl)ccc1O2. The van der Waals surface area contributed by atoms with Crippen LogP contribution >= 0.6 is 11.6 Å². The molecule has 0 saturated heterocycles. The number of benzene rings is 3. The van der Waals surface area contributed by atoms with Gasteiger partial charge in [0.1, 0.15) is 5.75 Å². The molecular weight excluding hydrogens is 376 g/mol. The zero-order valence-electron chi connectivity index (χ0n) is 14.9. The largest absolute Gasteiger partial charge is 0.454 e. The fraction of sp³-hybridized carbons (Fsp3) is 0.0909. The molecule has 5 nitrogen and oxygen atoms in total. The van der Waals surface area contributed by atoms with E-state index in [0.29, 0.717) is 46.3 Å². The van der Waals surface area contributed by atoms with Gasteiger partial charge in [0.2, 0.25) is 5.91 Å². The normalized spacial score (nSPS) is 12.1. The predicted molar refractivity (Wildman–Crippen MR) is 109 cm³/mol. The summed E-state index contributed by atoms with van der Waals surface area (Å²) in [5, 5.41) is 6.12. The summed E-state index contributed by atoms with van der Waals surface area (Å²) < 4.78 is 5.84. The van der Waals surface area contributed by atoms with E-state index in [2.05, 4.69) is 10.6 Å². The minimum Gasteiger partial charge on any atom is -0.454 e. The van der Waals surface area contributed by atoms with Crippen molar-refractivity contribution in [2.45, 2.75) is 12.8 Å². The summed E-state index contributed by atoms with van der Waals surface area (Å²) in [5.41, 5.74) is 2.48. The molecule has 0 aliphatic carbocycles. The Bertz CT molecular complexity index is 1050. The van der Waals surface area contributed by atoms with E-state index >= 15 is 0 Å². The van der Waals surface area contributed by atoms with Crippen molar-refractivity contribution in [1.29, 1.82) is 0 Å². The molecule has 3 aromatic carbocycles. The molecule has 2 amide bonds. The van der Waals surface area contributed by atoms with Crippen molar-refractivity contribution in [3.8, 4) is 11.5 Å². The molecule has 1 heterocycles. The lowest BCUT2D eigenvalue weighted by Crippen LogP contribution is -2.14. The van der Waals surface area contributed by atoms with Crippen LogP contribution in [0.15, 0.2) is 66.7 Å². The standard InChI is InChI=1S/C22H17ClN2O3/c23-15-7-9-20-18(12-15)25-22(27)17-13-16(8-10-19(17)28-20)24-21(26)11-6-14-4-2-1-3-5-14/h1-5,7-10,12-13H,6,11H2,(H,24,26)(H,25,27). The number of halogens is 1. The van der Waals surface area contributed by atoms with Crippen LogP contribution in [0.4, 0.5) is 11.4 Å². The van der Waals surface area contributed by atoms with Crippen molar-refractivity contribution in [3.63, 3.8) is 0 Å². The van der Waals surface area contributed by atoms with Gasteiger partial charge in [0.05, 0.1) is 11.3 Å². The molecule has 3 aromatic rings. The van der Waals surface area contributed by atoms with Crippen molar-refractivity contribution in [2.24, 2.45) is 0 Å². The van der Waals surface area contributed by atoms with E-state index in [-0.39, 0.29) is 11.8 Å². The van der Waals surface area contributed by atoms with E-state index in [1.807, 2.05) is 30.3 Å². The average Bonchev–Trinajstić information content (AvgIpc) is 2.83. The van der Waals surface area contributed by atoms with Crippen molar-refractivity contribution in [3.05, 3.63) is 82.9 Å². The highest BCUT2D eigenvalue weighted by atomic mass is 35.5. The molecule has 0 fully saturated rings. The van der Waals surface area contributed by atoms with Crippen molar-refractivity contribution < 1.29 is 14.3 Å². The number of fused-ring (bicyclic) bond motifs is 2. The van der Waals surface area contributed by atoms with Gasteiger partial charge >= 0.3 is 0 Å². The molecule has 0 aromatic heterocycles.